The largest absolute Gasteiger partial charge is 0.339 e. The Balaban J connectivity index is 1.14. The molecule has 1 aliphatic heterocycles. The molecule has 0 aliphatic carbocycles. The second kappa shape index (κ2) is 12.1. The van der Waals surface area contributed by atoms with Crippen molar-refractivity contribution in [2.75, 3.05) is 31.9 Å². The highest BCUT2D eigenvalue weighted by Crippen LogP contribution is 2.29. The first kappa shape index (κ1) is 24.4. The van der Waals surface area contributed by atoms with E-state index in [1.54, 1.807) is 11.8 Å². The summed E-state index contributed by atoms with van der Waals surface area (Å²) in [5, 5.41) is 0. The maximum atomic E-state index is 13.0. The number of benzene rings is 4. The van der Waals surface area contributed by atoms with Crippen LogP contribution in [-0.2, 0) is 11.2 Å². The van der Waals surface area contributed by atoms with Crippen molar-refractivity contribution in [3.63, 3.8) is 0 Å². The van der Waals surface area contributed by atoms with Crippen molar-refractivity contribution in [1.82, 2.24) is 9.80 Å². The van der Waals surface area contributed by atoms with Crippen LogP contribution in [0.4, 0.5) is 0 Å². The molecule has 182 valence electrons. The Hall–Kier alpha value is -3.34. The summed E-state index contributed by atoms with van der Waals surface area (Å²) in [7, 11) is 0. The molecule has 0 atom stereocenters. The van der Waals surface area contributed by atoms with Crippen molar-refractivity contribution in [3.8, 4) is 0 Å². The van der Waals surface area contributed by atoms with E-state index in [0.29, 0.717) is 5.75 Å². The van der Waals surface area contributed by atoms with Crippen LogP contribution in [0.15, 0.2) is 120 Å². The van der Waals surface area contributed by atoms with Gasteiger partial charge in [0.25, 0.3) is 0 Å². The zero-order valence-electron chi connectivity index (χ0n) is 20.5. The molecule has 1 heterocycles. The number of rotatable bonds is 8. The normalized spacial score (nSPS) is 14.2. The molecule has 1 fully saturated rings. The van der Waals surface area contributed by atoms with Crippen molar-refractivity contribution >= 4 is 17.7 Å². The number of carbonyl (C=O) groups is 1. The molecule has 36 heavy (non-hydrogen) atoms. The lowest BCUT2D eigenvalue weighted by atomic mass is 9.96. The highest BCUT2D eigenvalue weighted by Gasteiger charge is 2.28. The van der Waals surface area contributed by atoms with Gasteiger partial charge in [-0.05, 0) is 40.8 Å². The van der Waals surface area contributed by atoms with Crippen LogP contribution in [-0.4, -0.2) is 47.6 Å². The van der Waals surface area contributed by atoms with E-state index in [-0.39, 0.29) is 11.9 Å². The smallest absolute Gasteiger partial charge is 0.233 e. The fourth-order valence-electron chi connectivity index (χ4n) is 4.89. The van der Waals surface area contributed by atoms with Gasteiger partial charge in [-0.15, -0.1) is 11.8 Å². The van der Waals surface area contributed by atoms with Gasteiger partial charge in [-0.25, -0.2) is 0 Å². The van der Waals surface area contributed by atoms with Crippen molar-refractivity contribution in [1.29, 1.82) is 0 Å². The average molecular weight is 493 g/mol. The minimum atomic E-state index is 0.216. The van der Waals surface area contributed by atoms with E-state index >= 15 is 0 Å². The maximum Gasteiger partial charge on any atom is 0.233 e. The summed E-state index contributed by atoms with van der Waals surface area (Å²) in [5.41, 5.74) is 5.21. The molecule has 1 aliphatic rings. The van der Waals surface area contributed by atoms with Crippen LogP contribution in [0.5, 0.6) is 0 Å². The second-order valence-corrected chi connectivity index (χ2v) is 10.3. The van der Waals surface area contributed by atoms with Crippen LogP contribution in [0, 0.1) is 0 Å². The Bertz CT molecular complexity index is 1180. The summed E-state index contributed by atoms with van der Waals surface area (Å²) in [6.45, 7) is 3.29. The Labute approximate surface area is 218 Å². The van der Waals surface area contributed by atoms with Gasteiger partial charge in [0.1, 0.15) is 0 Å². The van der Waals surface area contributed by atoms with Crippen molar-refractivity contribution in [3.05, 3.63) is 138 Å². The van der Waals surface area contributed by atoms with E-state index in [1.807, 2.05) is 11.0 Å². The molecular formula is C32H32N2OS. The second-order valence-electron chi connectivity index (χ2n) is 9.24. The van der Waals surface area contributed by atoms with E-state index < -0.39 is 0 Å². The summed E-state index contributed by atoms with van der Waals surface area (Å²) in [6, 6.07) is 40.7. The Morgan fingerprint density at radius 3 is 1.69 bits per heavy atom. The first-order valence-electron chi connectivity index (χ1n) is 12.6. The SMILES string of the molecule is O=C(CSc1ccc(Cc2ccccc2)cc1)N1CCN(C(c2ccccc2)c2ccccc2)CC1. The van der Waals surface area contributed by atoms with E-state index in [1.165, 1.54) is 22.3 Å². The van der Waals surface area contributed by atoms with Crippen molar-refractivity contribution < 1.29 is 4.79 Å². The van der Waals surface area contributed by atoms with Gasteiger partial charge in [-0.3, -0.25) is 9.69 Å². The molecule has 1 amide bonds. The molecular weight excluding hydrogens is 460 g/mol. The van der Waals surface area contributed by atoms with Gasteiger partial charge in [0.15, 0.2) is 0 Å². The number of carbonyl (C=O) groups excluding carboxylic acids is 1. The Morgan fingerprint density at radius 1 is 0.639 bits per heavy atom. The molecule has 1 saturated heterocycles. The molecule has 0 aromatic heterocycles. The van der Waals surface area contributed by atoms with Crippen LogP contribution in [0.2, 0.25) is 0 Å². The summed E-state index contributed by atoms with van der Waals surface area (Å²) < 4.78 is 0. The van der Waals surface area contributed by atoms with Gasteiger partial charge >= 0.3 is 0 Å². The number of hydrogen-bond donors (Lipinski definition) is 0. The third-order valence-corrected chi connectivity index (χ3v) is 7.80. The van der Waals surface area contributed by atoms with Gasteiger partial charge in [0.05, 0.1) is 11.8 Å². The minimum Gasteiger partial charge on any atom is -0.339 e. The lowest BCUT2D eigenvalue weighted by Crippen LogP contribution is -2.50. The number of hydrogen-bond acceptors (Lipinski definition) is 3. The van der Waals surface area contributed by atoms with Crippen LogP contribution >= 0.6 is 11.8 Å². The fraction of sp³-hybridized carbons (Fsp3) is 0.219. The van der Waals surface area contributed by atoms with Crippen molar-refractivity contribution in [2.24, 2.45) is 0 Å². The molecule has 4 aromatic rings. The molecule has 0 radical (unpaired) electrons. The monoisotopic (exact) mass is 492 g/mol. The predicted molar refractivity (Wildman–Crippen MR) is 149 cm³/mol. The van der Waals surface area contributed by atoms with E-state index in [4.69, 9.17) is 0 Å². The lowest BCUT2D eigenvalue weighted by molar-refractivity contribution is -0.130. The van der Waals surface area contributed by atoms with E-state index in [0.717, 1.165) is 37.5 Å². The summed E-state index contributed by atoms with van der Waals surface area (Å²) in [6.07, 6.45) is 0.932. The number of thioether (sulfide) groups is 1. The predicted octanol–water partition coefficient (Wildman–Crippen LogP) is 6.30. The average Bonchev–Trinajstić information content (AvgIpc) is 2.95. The first-order valence-corrected chi connectivity index (χ1v) is 13.6. The molecule has 0 bridgehead atoms. The van der Waals surface area contributed by atoms with E-state index in [2.05, 4.69) is 114 Å². The highest BCUT2D eigenvalue weighted by molar-refractivity contribution is 8.00. The summed E-state index contributed by atoms with van der Waals surface area (Å²) in [4.78, 5) is 18.7. The Morgan fingerprint density at radius 2 is 1.14 bits per heavy atom. The summed E-state index contributed by atoms with van der Waals surface area (Å²) in [5.74, 6) is 0.711. The highest BCUT2D eigenvalue weighted by atomic mass is 32.2. The van der Waals surface area contributed by atoms with Crippen LogP contribution in [0.3, 0.4) is 0 Å². The van der Waals surface area contributed by atoms with Crippen LogP contribution in [0.25, 0.3) is 0 Å². The molecule has 4 heteroatoms. The third kappa shape index (κ3) is 6.26. The third-order valence-electron chi connectivity index (χ3n) is 6.80. The Kier molecular flexibility index (Phi) is 8.17. The number of piperazine rings is 1. The topological polar surface area (TPSA) is 23.6 Å². The number of nitrogens with zero attached hydrogens (tertiary/aromatic N) is 2. The minimum absolute atomic E-state index is 0.216. The molecule has 0 saturated carbocycles. The fourth-order valence-corrected chi connectivity index (χ4v) is 5.69. The van der Waals surface area contributed by atoms with Crippen LogP contribution < -0.4 is 0 Å². The molecule has 0 unspecified atom stereocenters. The van der Waals surface area contributed by atoms with Gasteiger partial charge in [0.2, 0.25) is 5.91 Å². The lowest BCUT2D eigenvalue weighted by Gasteiger charge is -2.39. The molecule has 3 nitrogen and oxygen atoms in total. The van der Waals surface area contributed by atoms with Gasteiger partial charge in [0, 0.05) is 31.1 Å². The van der Waals surface area contributed by atoms with Gasteiger partial charge in [-0.1, -0.05) is 103 Å². The van der Waals surface area contributed by atoms with Gasteiger partial charge in [-0.2, -0.15) is 0 Å². The molecule has 5 rings (SSSR count). The standard InChI is InChI=1S/C32H32N2OS/c35-31(25-36-30-18-16-27(17-19-30)24-26-10-4-1-5-11-26)33-20-22-34(23-21-33)32(28-12-6-2-7-13-28)29-14-8-3-9-15-29/h1-19,32H,20-25H2. The first-order chi connectivity index (χ1) is 17.8. The van der Waals surface area contributed by atoms with Crippen LogP contribution in [0.1, 0.15) is 28.3 Å². The van der Waals surface area contributed by atoms with Crippen molar-refractivity contribution in [2.45, 2.75) is 17.4 Å². The molecule has 0 N–H and O–H groups in total. The zero-order valence-corrected chi connectivity index (χ0v) is 21.3. The van der Waals surface area contributed by atoms with Gasteiger partial charge < -0.3 is 4.90 Å². The van der Waals surface area contributed by atoms with E-state index in [9.17, 15) is 4.79 Å². The zero-order chi connectivity index (χ0) is 24.6. The molecule has 4 aromatic carbocycles. The summed E-state index contributed by atoms with van der Waals surface area (Å²) >= 11 is 1.63. The number of amides is 1. The maximum absolute atomic E-state index is 13.0. The quantitative estimate of drug-likeness (QED) is 0.270. The molecule has 0 spiro atoms.